The summed E-state index contributed by atoms with van der Waals surface area (Å²) in [6.45, 7) is 4.56. The molecule has 1 saturated heterocycles. The minimum Gasteiger partial charge on any atom is -0.507 e. The molecular weight excluding hydrogens is 271 g/mol. The van der Waals surface area contributed by atoms with Crippen LogP contribution in [0.2, 0.25) is 0 Å². The first-order valence-electron chi connectivity index (χ1n) is 6.59. The molecule has 0 spiro atoms. The summed E-state index contributed by atoms with van der Waals surface area (Å²) in [5.41, 5.74) is -0.432. The highest BCUT2D eigenvalue weighted by molar-refractivity contribution is 5.38. The molecule has 1 fully saturated rings. The molecule has 1 atom stereocenters. The van der Waals surface area contributed by atoms with Gasteiger partial charge in [0.15, 0.2) is 0 Å². The lowest BCUT2D eigenvalue weighted by atomic mass is 10.1. The molecule has 1 unspecified atom stereocenters. The van der Waals surface area contributed by atoms with Crippen molar-refractivity contribution in [1.82, 2.24) is 4.90 Å². The zero-order valence-electron chi connectivity index (χ0n) is 11.3. The quantitative estimate of drug-likeness (QED) is 0.908. The molecule has 0 radical (unpaired) electrons. The van der Waals surface area contributed by atoms with Crippen molar-refractivity contribution in [1.29, 1.82) is 0 Å². The van der Waals surface area contributed by atoms with Gasteiger partial charge in [0.2, 0.25) is 0 Å². The Balaban J connectivity index is 2.13. The van der Waals surface area contributed by atoms with Crippen LogP contribution in [0.4, 0.5) is 13.2 Å². The molecule has 1 aromatic rings. The van der Waals surface area contributed by atoms with Crippen LogP contribution in [0.1, 0.15) is 24.5 Å². The Bertz CT molecular complexity index is 462. The van der Waals surface area contributed by atoms with E-state index >= 15 is 0 Å². The average molecular weight is 289 g/mol. The minimum absolute atomic E-state index is 0.0803. The molecule has 1 aromatic carbocycles. The molecule has 20 heavy (non-hydrogen) atoms. The highest BCUT2D eigenvalue weighted by Crippen LogP contribution is 2.36. The molecule has 3 nitrogen and oxygen atoms in total. The van der Waals surface area contributed by atoms with E-state index in [4.69, 9.17) is 4.74 Å². The van der Waals surface area contributed by atoms with Crippen LogP contribution in [-0.4, -0.2) is 35.8 Å². The lowest BCUT2D eigenvalue weighted by molar-refractivity contribution is -0.138. The summed E-state index contributed by atoms with van der Waals surface area (Å²) in [6, 6.07) is 3.66. The van der Waals surface area contributed by atoms with Crippen LogP contribution >= 0.6 is 0 Å². The second-order valence-corrected chi connectivity index (χ2v) is 5.12. The third kappa shape index (κ3) is 3.86. The normalized spacial score (nSPS) is 21.7. The lowest BCUT2D eigenvalue weighted by Gasteiger charge is -2.22. The molecule has 0 saturated carbocycles. The fourth-order valence-electron chi connectivity index (χ4n) is 2.39. The standard InChI is InChI=1S/C14H18F3NO2/c1-10-8-18(5-2-6-20-10)9-11-3-4-13(19)12(7-11)14(15,16)17/h3-4,7,10,19H,2,5-6,8-9H2,1H3. The van der Waals surface area contributed by atoms with Crippen LogP contribution in [0.5, 0.6) is 5.75 Å². The summed E-state index contributed by atoms with van der Waals surface area (Å²) >= 11 is 0. The second kappa shape index (κ2) is 6.01. The monoisotopic (exact) mass is 289 g/mol. The van der Waals surface area contributed by atoms with Gasteiger partial charge >= 0.3 is 6.18 Å². The fourth-order valence-corrected chi connectivity index (χ4v) is 2.39. The van der Waals surface area contributed by atoms with E-state index in [-0.39, 0.29) is 6.10 Å². The molecule has 0 aromatic heterocycles. The van der Waals surface area contributed by atoms with Crippen molar-refractivity contribution in [2.45, 2.75) is 32.2 Å². The molecule has 1 aliphatic heterocycles. The Kier molecular flexibility index (Phi) is 4.55. The predicted octanol–water partition coefficient (Wildman–Crippen LogP) is 3.02. The number of halogens is 3. The first-order valence-corrected chi connectivity index (χ1v) is 6.59. The molecule has 0 aliphatic carbocycles. The van der Waals surface area contributed by atoms with Crippen LogP contribution in [-0.2, 0) is 17.5 Å². The first kappa shape index (κ1) is 15.1. The highest BCUT2D eigenvalue weighted by atomic mass is 19.4. The van der Waals surface area contributed by atoms with Gasteiger partial charge in [-0.15, -0.1) is 0 Å². The summed E-state index contributed by atoms with van der Waals surface area (Å²) in [6.07, 6.45) is -3.58. The molecule has 2 rings (SSSR count). The van der Waals surface area contributed by atoms with E-state index in [1.165, 1.54) is 6.07 Å². The Morgan fingerprint density at radius 2 is 2.15 bits per heavy atom. The second-order valence-electron chi connectivity index (χ2n) is 5.12. The number of alkyl halides is 3. The number of nitrogens with zero attached hydrogens (tertiary/aromatic N) is 1. The van der Waals surface area contributed by atoms with Crippen LogP contribution in [0.25, 0.3) is 0 Å². The van der Waals surface area contributed by atoms with Crippen LogP contribution in [0.3, 0.4) is 0 Å². The Morgan fingerprint density at radius 3 is 2.85 bits per heavy atom. The number of phenols is 1. The zero-order valence-corrected chi connectivity index (χ0v) is 11.3. The number of hydrogen-bond donors (Lipinski definition) is 1. The van der Waals surface area contributed by atoms with Gasteiger partial charge < -0.3 is 9.84 Å². The van der Waals surface area contributed by atoms with Gasteiger partial charge in [-0.3, -0.25) is 4.90 Å². The zero-order chi connectivity index (χ0) is 14.8. The molecule has 0 amide bonds. The minimum atomic E-state index is -4.53. The van der Waals surface area contributed by atoms with Crippen molar-refractivity contribution in [2.24, 2.45) is 0 Å². The van der Waals surface area contributed by atoms with Gasteiger partial charge in [-0.2, -0.15) is 13.2 Å². The average Bonchev–Trinajstić information content (AvgIpc) is 2.55. The van der Waals surface area contributed by atoms with E-state index in [1.54, 1.807) is 0 Å². The van der Waals surface area contributed by atoms with Gasteiger partial charge in [-0.05, 0) is 31.0 Å². The van der Waals surface area contributed by atoms with E-state index in [1.807, 2.05) is 6.92 Å². The molecule has 112 valence electrons. The number of rotatable bonds is 2. The van der Waals surface area contributed by atoms with Crippen LogP contribution < -0.4 is 0 Å². The van der Waals surface area contributed by atoms with Gasteiger partial charge in [0.1, 0.15) is 5.75 Å². The van der Waals surface area contributed by atoms with E-state index in [0.29, 0.717) is 25.3 Å². The van der Waals surface area contributed by atoms with Crippen molar-refractivity contribution in [3.63, 3.8) is 0 Å². The van der Waals surface area contributed by atoms with Crippen LogP contribution in [0, 0.1) is 0 Å². The van der Waals surface area contributed by atoms with Gasteiger partial charge in [0, 0.05) is 26.2 Å². The Labute approximate surface area is 116 Å². The smallest absolute Gasteiger partial charge is 0.419 e. The summed E-state index contributed by atoms with van der Waals surface area (Å²) < 4.78 is 43.7. The van der Waals surface area contributed by atoms with Crippen LogP contribution in [0.15, 0.2) is 18.2 Å². The van der Waals surface area contributed by atoms with Gasteiger partial charge in [-0.1, -0.05) is 6.07 Å². The van der Waals surface area contributed by atoms with E-state index < -0.39 is 17.5 Å². The van der Waals surface area contributed by atoms with Crippen molar-refractivity contribution in [3.05, 3.63) is 29.3 Å². The first-order chi connectivity index (χ1) is 9.36. The summed E-state index contributed by atoms with van der Waals surface area (Å²) in [5.74, 6) is -0.728. The molecule has 0 bridgehead atoms. The lowest BCUT2D eigenvalue weighted by Crippen LogP contribution is -2.29. The van der Waals surface area contributed by atoms with Gasteiger partial charge in [0.25, 0.3) is 0 Å². The highest BCUT2D eigenvalue weighted by Gasteiger charge is 2.34. The SMILES string of the molecule is CC1CN(Cc2ccc(O)c(C(F)(F)F)c2)CCCO1. The third-order valence-electron chi connectivity index (χ3n) is 3.31. The molecule has 1 heterocycles. The fraction of sp³-hybridized carbons (Fsp3) is 0.571. The van der Waals surface area contributed by atoms with Gasteiger partial charge in [0.05, 0.1) is 11.7 Å². The number of hydrogen-bond acceptors (Lipinski definition) is 3. The number of benzene rings is 1. The number of phenolic OH excluding ortho intramolecular Hbond substituents is 1. The van der Waals surface area contributed by atoms with Crippen molar-refractivity contribution in [3.8, 4) is 5.75 Å². The molecule has 1 N–H and O–H groups in total. The summed E-state index contributed by atoms with van der Waals surface area (Å²) in [7, 11) is 0. The third-order valence-corrected chi connectivity index (χ3v) is 3.31. The molecule has 1 aliphatic rings. The maximum atomic E-state index is 12.7. The molecular formula is C14H18F3NO2. The summed E-state index contributed by atoms with van der Waals surface area (Å²) in [4.78, 5) is 2.07. The van der Waals surface area contributed by atoms with Crippen molar-refractivity contribution >= 4 is 0 Å². The molecule has 6 heteroatoms. The Morgan fingerprint density at radius 1 is 1.40 bits per heavy atom. The Hall–Kier alpha value is -1.27. The van der Waals surface area contributed by atoms with Crippen molar-refractivity contribution in [2.75, 3.05) is 19.7 Å². The topological polar surface area (TPSA) is 32.7 Å². The number of ether oxygens (including phenoxy) is 1. The maximum absolute atomic E-state index is 12.7. The van der Waals surface area contributed by atoms with Gasteiger partial charge in [-0.25, -0.2) is 0 Å². The van der Waals surface area contributed by atoms with E-state index in [2.05, 4.69) is 4.90 Å². The van der Waals surface area contributed by atoms with E-state index in [0.717, 1.165) is 25.1 Å². The maximum Gasteiger partial charge on any atom is 0.419 e. The summed E-state index contributed by atoms with van der Waals surface area (Å²) in [5, 5.41) is 9.31. The predicted molar refractivity (Wildman–Crippen MR) is 68.4 cm³/mol. The largest absolute Gasteiger partial charge is 0.507 e. The van der Waals surface area contributed by atoms with Crippen molar-refractivity contribution < 1.29 is 23.0 Å². The number of aromatic hydroxyl groups is 1. The van der Waals surface area contributed by atoms with E-state index in [9.17, 15) is 18.3 Å².